The fraction of sp³-hybridized carbons (Fsp3) is 0.294. The molecule has 0 atom stereocenters. The number of aryl methyl sites for hydroxylation is 1. The summed E-state index contributed by atoms with van der Waals surface area (Å²) in [6, 6.07) is 13.6. The minimum Gasteiger partial charge on any atom is -0.494 e. The Morgan fingerprint density at radius 3 is 2.29 bits per heavy atom. The van der Waals surface area contributed by atoms with Gasteiger partial charge in [-0.1, -0.05) is 55.3 Å². The molecule has 0 spiro atoms. The summed E-state index contributed by atoms with van der Waals surface area (Å²) in [7, 11) is -1.54. The molecule has 3 nitrogen and oxygen atoms in total. The van der Waals surface area contributed by atoms with Crippen LogP contribution in [0.2, 0.25) is 0 Å². The monoisotopic (exact) mass is 284 g/mol. The summed E-state index contributed by atoms with van der Waals surface area (Å²) in [5.74, 6) is 0.536. The summed E-state index contributed by atoms with van der Waals surface area (Å²) >= 11 is 0. The average molecular weight is 284 g/mol. The minimum absolute atomic E-state index is 0.407. The van der Waals surface area contributed by atoms with Gasteiger partial charge in [-0.25, -0.2) is 0 Å². The van der Waals surface area contributed by atoms with E-state index in [2.05, 4.69) is 6.92 Å². The molecule has 0 aromatic heterocycles. The molecule has 0 aliphatic carbocycles. The first-order valence-corrected chi connectivity index (χ1v) is 7.31. The van der Waals surface area contributed by atoms with Crippen molar-refractivity contribution < 1.29 is 14.8 Å². The largest absolute Gasteiger partial charge is 0.494 e. The number of rotatable bonds is 6. The van der Waals surface area contributed by atoms with Crippen LogP contribution in [-0.2, 0) is 0 Å². The summed E-state index contributed by atoms with van der Waals surface area (Å²) < 4.78 is 5.63. The molecular weight excluding hydrogens is 263 g/mol. The van der Waals surface area contributed by atoms with Crippen LogP contribution in [0.3, 0.4) is 0 Å². The molecule has 0 heterocycles. The summed E-state index contributed by atoms with van der Waals surface area (Å²) in [6.07, 6.45) is 1.99. The molecule has 0 bridgehead atoms. The van der Waals surface area contributed by atoms with Gasteiger partial charge in [-0.3, -0.25) is 0 Å². The number of benzene rings is 2. The van der Waals surface area contributed by atoms with E-state index in [9.17, 15) is 10.0 Å². The Kier molecular flexibility index (Phi) is 5.42. The molecule has 2 N–H and O–H groups in total. The van der Waals surface area contributed by atoms with E-state index in [0.717, 1.165) is 24.0 Å². The maximum absolute atomic E-state index is 9.55. The van der Waals surface area contributed by atoms with E-state index in [1.165, 1.54) is 5.56 Å². The third-order valence-corrected chi connectivity index (χ3v) is 3.43. The molecule has 0 fully saturated rings. The molecule has 0 radical (unpaired) electrons. The van der Waals surface area contributed by atoms with Crippen molar-refractivity contribution in [2.24, 2.45) is 0 Å². The first kappa shape index (κ1) is 15.6. The summed E-state index contributed by atoms with van der Waals surface area (Å²) in [6.45, 7) is 4.71. The molecule has 2 aromatic rings. The molecule has 0 saturated carbocycles. The normalized spacial score (nSPS) is 10.5. The Balaban J connectivity index is 2.29. The molecular formula is C17H21BO3. The van der Waals surface area contributed by atoms with Crippen molar-refractivity contribution in [3.05, 3.63) is 48.0 Å². The number of hydrogen-bond acceptors (Lipinski definition) is 3. The van der Waals surface area contributed by atoms with Crippen LogP contribution in [-0.4, -0.2) is 23.8 Å². The zero-order chi connectivity index (χ0) is 15.2. The van der Waals surface area contributed by atoms with Crippen molar-refractivity contribution in [3.63, 3.8) is 0 Å². The van der Waals surface area contributed by atoms with Crippen LogP contribution in [0.15, 0.2) is 42.5 Å². The van der Waals surface area contributed by atoms with Crippen molar-refractivity contribution in [3.8, 4) is 16.9 Å². The van der Waals surface area contributed by atoms with Crippen molar-refractivity contribution in [2.45, 2.75) is 26.7 Å². The highest BCUT2D eigenvalue weighted by Gasteiger charge is 2.18. The van der Waals surface area contributed by atoms with Crippen LogP contribution >= 0.6 is 0 Å². The second-order valence-electron chi connectivity index (χ2n) is 5.19. The maximum Gasteiger partial charge on any atom is 0.492 e. The summed E-state index contributed by atoms with van der Waals surface area (Å²) in [5, 5.41) is 19.1. The quantitative estimate of drug-likeness (QED) is 0.633. The van der Waals surface area contributed by atoms with Gasteiger partial charge in [-0.05, 0) is 30.5 Å². The average Bonchev–Trinajstić information content (AvgIpc) is 2.48. The van der Waals surface area contributed by atoms with Crippen LogP contribution in [0.1, 0.15) is 25.3 Å². The molecule has 21 heavy (non-hydrogen) atoms. The van der Waals surface area contributed by atoms with E-state index in [4.69, 9.17) is 4.74 Å². The van der Waals surface area contributed by atoms with Gasteiger partial charge in [-0.2, -0.15) is 0 Å². The third-order valence-electron chi connectivity index (χ3n) is 3.43. The molecule has 0 aliphatic heterocycles. The minimum atomic E-state index is -1.54. The number of unbranched alkanes of at least 4 members (excludes halogenated alkanes) is 1. The van der Waals surface area contributed by atoms with Crippen LogP contribution in [0.25, 0.3) is 11.1 Å². The van der Waals surface area contributed by atoms with E-state index in [0.29, 0.717) is 17.8 Å². The summed E-state index contributed by atoms with van der Waals surface area (Å²) in [5.41, 5.74) is 3.59. The van der Waals surface area contributed by atoms with Gasteiger partial charge >= 0.3 is 7.12 Å². The Hall–Kier alpha value is -1.78. The standard InChI is InChI=1S/C17H21BO3/c1-3-4-11-21-17-10-9-15(12-16(17)18(19)20)14-7-5-13(2)6-8-14/h5-10,12,19-20H,3-4,11H2,1-2H3. The van der Waals surface area contributed by atoms with E-state index >= 15 is 0 Å². The van der Waals surface area contributed by atoms with Crippen molar-refractivity contribution in [1.29, 1.82) is 0 Å². The van der Waals surface area contributed by atoms with Gasteiger partial charge in [0.15, 0.2) is 0 Å². The van der Waals surface area contributed by atoms with E-state index < -0.39 is 7.12 Å². The molecule has 110 valence electrons. The number of ether oxygens (including phenoxy) is 1. The Labute approximate surface area is 126 Å². The highest BCUT2D eigenvalue weighted by Crippen LogP contribution is 2.22. The van der Waals surface area contributed by atoms with Crippen LogP contribution in [0.5, 0.6) is 5.75 Å². The third kappa shape index (κ3) is 4.10. The Morgan fingerprint density at radius 2 is 1.67 bits per heavy atom. The summed E-state index contributed by atoms with van der Waals surface area (Å²) in [4.78, 5) is 0. The zero-order valence-corrected chi connectivity index (χ0v) is 12.5. The van der Waals surface area contributed by atoms with Crippen LogP contribution in [0, 0.1) is 6.92 Å². The first-order chi connectivity index (χ1) is 10.1. The maximum atomic E-state index is 9.55. The molecule has 4 heteroatoms. The molecule has 2 aromatic carbocycles. The lowest BCUT2D eigenvalue weighted by atomic mass is 9.78. The van der Waals surface area contributed by atoms with Crippen LogP contribution < -0.4 is 10.2 Å². The smallest absolute Gasteiger partial charge is 0.492 e. The second kappa shape index (κ2) is 7.30. The lowest BCUT2D eigenvalue weighted by molar-refractivity contribution is 0.310. The van der Waals surface area contributed by atoms with Gasteiger partial charge in [0.2, 0.25) is 0 Å². The van der Waals surface area contributed by atoms with Crippen molar-refractivity contribution >= 4 is 12.6 Å². The van der Waals surface area contributed by atoms with Gasteiger partial charge in [-0.15, -0.1) is 0 Å². The predicted octanol–water partition coefficient (Wildman–Crippen LogP) is 2.52. The second-order valence-corrected chi connectivity index (χ2v) is 5.19. The van der Waals surface area contributed by atoms with Gasteiger partial charge < -0.3 is 14.8 Å². The molecule has 0 amide bonds. The van der Waals surface area contributed by atoms with E-state index in [1.807, 2.05) is 37.3 Å². The van der Waals surface area contributed by atoms with Gasteiger partial charge in [0, 0.05) is 5.46 Å². The molecule has 0 aliphatic rings. The van der Waals surface area contributed by atoms with Gasteiger partial charge in [0.25, 0.3) is 0 Å². The molecule has 0 saturated heterocycles. The highest BCUT2D eigenvalue weighted by molar-refractivity contribution is 6.59. The SMILES string of the molecule is CCCCOc1ccc(-c2ccc(C)cc2)cc1B(O)O. The number of hydrogen-bond donors (Lipinski definition) is 2. The van der Waals surface area contributed by atoms with Crippen molar-refractivity contribution in [1.82, 2.24) is 0 Å². The van der Waals surface area contributed by atoms with E-state index in [-0.39, 0.29) is 0 Å². The van der Waals surface area contributed by atoms with Crippen molar-refractivity contribution in [2.75, 3.05) is 6.61 Å². The van der Waals surface area contributed by atoms with E-state index in [1.54, 1.807) is 12.1 Å². The molecule has 0 unspecified atom stereocenters. The van der Waals surface area contributed by atoms with Gasteiger partial charge in [0.1, 0.15) is 5.75 Å². The fourth-order valence-electron chi connectivity index (χ4n) is 2.13. The van der Waals surface area contributed by atoms with Crippen LogP contribution in [0.4, 0.5) is 0 Å². The molecule has 2 rings (SSSR count). The zero-order valence-electron chi connectivity index (χ0n) is 12.5. The van der Waals surface area contributed by atoms with Gasteiger partial charge in [0.05, 0.1) is 6.61 Å². The Bertz CT molecular complexity index is 579. The Morgan fingerprint density at radius 1 is 1.00 bits per heavy atom. The predicted molar refractivity (Wildman–Crippen MR) is 86.8 cm³/mol. The topological polar surface area (TPSA) is 49.7 Å². The lowest BCUT2D eigenvalue weighted by Crippen LogP contribution is -2.31. The first-order valence-electron chi connectivity index (χ1n) is 7.31. The fourth-order valence-corrected chi connectivity index (χ4v) is 2.13. The highest BCUT2D eigenvalue weighted by atomic mass is 16.5. The lowest BCUT2D eigenvalue weighted by Gasteiger charge is -2.13.